The second-order valence-corrected chi connectivity index (χ2v) is 10.7. The first-order valence-electron chi connectivity index (χ1n) is 11.5. The Morgan fingerprint density at radius 1 is 0.909 bits per heavy atom. The molecule has 33 heavy (non-hydrogen) atoms. The second kappa shape index (κ2) is 9.64. The second-order valence-electron chi connectivity index (χ2n) is 8.77. The van der Waals surface area contributed by atoms with Crippen molar-refractivity contribution in [2.24, 2.45) is 0 Å². The third kappa shape index (κ3) is 5.27. The van der Waals surface area contributed by atoms with E-state index in [1.54, 1.807) is 25.1 Å². The molecule has 2 aliphatic rings. The van der Waals surface area contributed by atoms with Gasteiger partial charge in [-0.2, -0.15) is 9.29 Å². The van der Waals surface area contributed by atoms with Crippen LogP contribution >= 0.6 is 0 Å². The van der Waals surface area contributed by atoms with Gasteiger partial charge in [-0.15, -0.1) is 0 Å². The Bertz CT molecular complexity index is 1120. The third-order valence-electron chi connectivity index (χ3n) is 6.14. The molecule has 2 aliphatic heterocycles. The van der Waals surface area contributed by atoms with Crippen molar-refractivity contribution in [1.29, 1.82) is 0 Å². The Kier molecular flexibility index (Phi) is 6.85. The van der Waals surface area contributed by atoms with Crippen LogP contribution < -0.4 is 15.1 Å². The molecule has 0 atom stereocenters. The van der Waals surface area contributed by atoms with Crippen LogP contribution in [0.2, 0.25) is 0 Å². The molecule has 2 aromatic rings. The largest absolute Gasteiger partial charge is 0.356 e. The number of nitrogens with zero attached hydrogens (tertiary/aromatic N) is 5. The van der Waals surface area contributed by atoms with E-state index in [4.69, 9.17) is 4.98 Å². The van der Waals surface area contributed by atoms with Crippen molar-refractivity contribution in [3.63, 3.8) is 0 Å². The van der Waals surface area contributed by atoms with Gasteiger partial charge in [-0.25, -0.2) is 13.4 Å². The summed E-state index contributed by atoms with van der Waals surface area (Å²) in [5, 5.41) is 2.69. The van der Waals surface area contributed by atoms with Crippen molar-refractivity contribution < 1.29 is 13.2 Å². The lowest BCUT2D eigenvalue weighted by Gasteiger charge is -2.35. The minimum absolute atomic E-state index is 0.192. The van der Waals surface area contributed by atoms with Crippen LogP contribution in [0.5, 0.6) is 0 Å². The molecule has 4 rings (SSSR count). The van der Waals surface area contributed by atoms with E-state index in [1.165, 1.54) is 30.5 Å². The van der Waals surface area contributed by atoms with Crippen LogP contribution in [0.4, 0.5) is 17.5 Å². The predicted octanol–water partition coefficient (Wildman–Crippen LogP) is 2.55. The molecular formula is C23H32N6O3S. The highest BCUT2D eigenvalue weighted by Crippen LogP contribution is 2.26. The van der Waals surface area contributed by atoms with Gasteiger partial charge in [0.1, 0.15) is 5.82 Å². The smallest absolute Gasteiger partial charge is 0.243 e. The quantitative estimate of drug-likeness (QED) is 0.714. The van der Waals surface area contributed by atoms with E-state index in [9.17, 15) is 13.2 Å². The van der Waals surface area contributed by atoms with Gasteiger partial charge in [0.05, 0.1) is 4.90 Å². The number of carbonyl (C=O) groups excluding carboxylic acids is 1. The molecule has 2 fully saturated rings. The number of aromatic nitrogens is 2. The van der Waals surface area contributed by atoms with E-state index in [0.717, 1.165) is 24.6 Å². The van der Waals surface area contributed by atoms with Crippen LogP contribution in [0.1, 0.15) is 37.4 Å². The molecule has 0 unspecified atom stereocenters. The zero-order valence-electron chi connectivity index (χ0n) is 19.5. The predicted molar refractivity (Wildman–Crippen MR) is 129 cm³/mol. The Morgan fingerprint density at radius 3 is 2.24 bits per heavy atom. The van der Waals surface area contributed by atoms with Gasteiger partial charge in [-0.05, 0) is 56.9 Å². The number of benzene rings is 1. The average molecular weight is 473 g/mol. The van der Waals surface area contributed by atoms with E-state index in [0.29, 0.717) is 43.4 Å². The number of rotatable bonds is 5. The molecule has 3 heterocycles. The van der Waals surface area contributed by atoms with Crippen molar-refractivity contribution in [1.82, 2.24) is 14.3 Å². The minimum atomic E-state index is -3.63. The molecule has 1 amide bonds. The number of piperazine rings is 1. The summed E-state index contributed by atoms with van der Waals surface area (Å²) >= 11 is 0. The first-order chi connectivity index (χ1) is 15.7. The van der Waals surface area contributed by atoms with Crippen molar-refractivity contribution in [2.45, 2.75) is 44.9 Å². The average Bonchev–Trinajstić information content (AvgIpc) is 2.79. The lowest BCUT2D eigenvalue weighted by atomic mass is 10.1. The molecule has 1 N–H and O–H groups in total. The molecule has 0 saturated carbocycles. The van der Waals surface area contributed by atoms with Gasteiger partial charge < -0.3 is 15.1 Å². The highest BCUT2D eigenvalue weighted by molar-refractivity contribution is 7.89. The van der Waals surface area contributed by atoms with Crippen LogP contribution in [0.3, 0.4) is 0 Å². The first-order valence-corrected chi connectivity index (χ1v) is 12.9. The topological polar surface area (TPSA) is 98.7 Å². The molecule has 0 aliphatic carbocycles. The van der Waals surface area contributed by atoms with E-state index in [1.807, 2.05) is 13.0 Å². The van der Waals surface area contributed by atoms with Gasteiger partial charge in [0.2, 0.25) is 21.9 Å². The number of sulfonamides is 1. The summed E-state index contributed by atoms with van der Waals surface area (Å²) in [6.45, 7) is 8.98. The normalized spacial score (nSPS) is 17.8. The summed E-state index contributed by atoms with van der Waals surface area (Å²) in [6, 6.07) is 6.91. The van der Waals surface area contributed by atoms with Crippen molar-refractivity contribution >= 4 is 33.4 Å². The number of aryl methyl sites for hydroxylation is 2. The molecule has 0 spiro atoms. The fourth-order valence-electron chi connectivity index (χ4n) is 4.45. The molecular weight excluding hydrogens is 440 g/mol. The lowest BCUT2D eigenvalue weighted by Crippen LogP contribution is -2.49. The number of anilines is 3. The first kappa shape index (κ1) is 23.4. The summed E-state index contributed by atoms with van der Waals surface area (Å²) in [5.74, 6) is 1.44. The third-order valence-corrected chi connectivity index (χ3v) is 8.20. The Balaban J connectivity index is 1.46. The molecule has 1 aromatic carbocycles. The molecule has 10 heteroatoms. The summed E-state index contributed by atoms with van der Waals surface area (Å²) in [6.07, 6.45) is 3.62. The number of hydrogen-bond donors (Lipinski definition) is 1. The van der Waals surface area contributed by atoms with E-state index < -0.39 is 10.0 Å². The van der Waals surface area contributed by atoms with Gasteiger partial charge in [0.15, 0.2) is 0 Å². The maximum Gasteiger partial charge on any atom is 0.243 e. The van der Waals surface area contributed by atoms with Gasteiger partial charge in [-0.1, -0.05) is 0 Å². The molecule has 0 radical (unpaired) electrons. The number of amides is 1. The van der Waals surface area contributed by atoms with Gasteiger partial charge in [0, 0.05) is 63.6 Å². The Hall–Kier alpha value is -2.72. The molecule has 1 aromatic heterocycles. The van der Waals surface area contributed by atoms with Crippen LogP contribution in [-0.4, -0.2) is 67.9 Å². The SMILES string of the molecule is CC(=O)Nc1ccc(S(=O)(=O)N2CCN(c3nc(C)cc(N4CCCCC4)n3)CC2)c(C)c1. The molecule has 0 bridgehead atoms. The van der Waals surface area contributed by atoms with Crippen LogP contribution in [0.15, 0.2) is 29.2 Å². The Morgan fingerprint density at radius 2 is 1.61 bits per heavy atom. The fourth-order valence-corrected chi connectivity index (χ4v) is 6.08. The zero-order chi connectivity index (χ0) is 23.6. The Labute approximate surface area is 195 Å². The van der Waals surface area contributed by atoms with Crippen LogP contribution in [-0.2, 0) is 14.8 Å². The summed E-state index contributed by atoms with van der Waals surface area (Å²) < 4.78 is 28.1. The van der Waals surface area contributed by atoms with Crippen molar-refractivity contribution in [2.75, 3.05) is 54.4 Å². The summed E-state index contributed by atoms with van der Waals surface area (Å²) in [7, 11) is -3.63. The molecule has 2 saturated heterocycles. The van der Waals surface area contributed by atoms with Crippen LogP contribution in [0, 0.1) is 13.8 Å². The van der Waals surface area contributed by atoms with Gasteiger partial charge in [-0.3, -0.25) is 4.79 Å². The number of carbonyl (C=O) groups is 1. The van der Waals surface area contributed by atoms with Crippen LogP contribution in [0.25, 0.3) is 0 Å². The standard InChI is InChI=1S/C23H32N6O3S/c1-17-15-20(25-19(3)30)7-8-21(17)33(31,32)29-13-11-28(12-14-29)23-24-18(2)16-22(26-23)27-9-5-4-6-10-27/h7-8,15-16H,4-6,9-14H2,1-3H3,(H,25,30). The van der Waals surface area contributed by atoms with Gasteiger partial charge >= 0.3 is 0 Å². The van der Waals surface area contributed by atoms with Crippen molar-refractivity contribution in [3.05, 3.63) is 35.5 Å². The highest BCUT2D eigenvalue weighted by Gasteiger charge is 2.31. The number of hydrogen-bond acceptors (Lipinski definition) is 7. The highest BCUT2D eigenvalue weighted by atomic mass is 32.2. The summed E-state index contributed by atoms with van der Waals surface area (Å²) in [4.78, 5) is 25.4. The monoisotopic (exact) mass is 472 g/mol. The fraction of sp³-hybridized carbons (Fsp3) is 0.522. The minimum Gasteiger partial charge on any atom is -0.356 e. The van der Waals surface area contributed by atoms with E-state index >= 15 is 0 Å². The maximum absolute atomic E-state index is 13.3. The van der Waals surface area contributed by atoms with Gasteiger partial charge in [0.25, 0.3) is 0 Å². The maximum atomic E-state index is 13.3. The molecule has 9 nitrogen and oxygen atoms in total. The van der Waals surface area contributed by atoms with E-state index in [2.05, 4.69) is 20.1 Å². The van der Waals surface area contributed by atoms with E-state index in [-0.39, 0.29) is 10.8 Å². The number of nitrogens with one attached hydrogen (secondary N) is 1. The molecule has 178 valence electrons. The number of piperidine rings is 1. The summed E-state index contributed by atoms with van der Waals surface area (Å²) in [5.41, 5.74) is 2.12. The lowest BCUT2D eigenvalue weighted by molar-refractivity contribution is -0.114. The zero-order valence-corrected chi connectivity index (χ0v) is 20.4. The van der Waals surface area contributed by atoms with Crippen molar-refractivity contribution in [3.8, 4) is 0 Å².